The number of hydrogen-bond donors (Lipinski definition) is 0. The summed E-state index contributed by atoms with van der Waals surface area (Å²) in [6, 6.07) is 23.2. The molecule has 3 aromatic carbocycles. The van der Waals surface area contributed by atoms with Crippen LogP contribution in [0.4, 0.5) is 0 Å². The molecule has 28 heavy (non-hydrogen) atoms. The van der Waals surface area contributed by atoms with Crippen LogP contribution in [0.3, 0.4) is 0 Å². The van der Waals surface area contributed by atoms with Gasteiger partial charge in [-0.15, -0.1) is 42.9 Å². The first-order chi connectivity index (χ1) is 11.6. The summed E-state index contributed by atoms with van der Waals surface area (Å²) in [7, 11) is 0. The van der Waals surface area contributed by atoms with Crippen LogP contribution in [-0.4, -0.2) is 30.1 Å². The Kier molecular flexibility index (Phi) is 33.7. The van der Waals surface area contributed by atoms with Crippen LogP contribution in [0, 0.1) is 14.9 Å². The number of carbonyl (C=O) groups excluding carboxylic acids is 1. The third-order valence-electron chi connectivity index (χ3n) is 2.58. The standard InChI is InChI=1S/C9H7.C7H7NO.2C2H5O.2CH3.Si.Ti/c1-2-5-9-7-3-6-8(9)4-1;8-7(9)6-4-2-1-3-5-6;2*1-2-3;;;;/h1-7H;1-5H,(H2,8,9);2*2H2,1H3;2*1H3;;/q-1;;4*-1;;+2/p-1. The zero-order valence-electron chi connectivity index (χ0n) is 17.1. The van der Waals surface area contributed by atoms with Crippen LogP contribution in [0.25, 0.3) is 16.5 Å². The summed E-state index contributed by atoms with van der Waals surface area (Å²) in [4.78, 5) is 10.3. The molecule has 1 N–H and O–H groups in total. The van der Waals surface area contributed by atoms with Gasteiger partial charge in [-0.1, -0.05) is 50.2 Å². The summed E-state index contributed by atoms with van der Waals surface area (Å²) in [5, 5.41) is 20.5. The van der Waals surface area contributed by atoms with Gasteiger partial charge >= 0.3 is 21.7 Å². The van der Waals surface area contributed by atoms with Crippen LogP contribution in [-0.2, 0) is 21.7 Å². The Labute approximate surface area is 190 Å². The van der Waals surface area contributed by atoms with E-state index in [1.807, 2.05) is 6.07 Å². The molecule has 152 valence electrons. The molecule has 0 heterocycles. The first-order valence-corrected chi connectivity index (χ1v) is 7.68. The molecule has 0 aliphatic heterocycles. The van der Waals surface area contributed by atoms with E-state index in [-0.39, 0.29) is 60.8 Å². The Hall–Kier alpha value is -1.63. The first-order valence-electron chi connectivity index (χ1n) is 7.68. The molecule has 6 heteroatoms. The van der Waals surface area contributed by atoms with Crippen molar-refractivity contribution in [2.75, 3.05) is 13.2 Å². The van der Waals surface area contributed by atoms with E-state index in [0.29, 0.717) is 5.56 Å². The number of benzene rings is 2. The van der Waals surface area contributed by atoms with Gasteiger partial charge < -0.3 is 35.6 Å². The van der Waals surface area contributed by atoms with Crippen molar-refractivity contribution < 1.29 is 36.7 Å². The topological polar surface area (TPSA) is 87.0 Å². The Morgan fingerprint density at radius 3 is 1.71 bits per heavy atom. The number of carbonyl (C=O) groups is 1. The largest absolute Gasteiger partial charge is 2.00 e. The number of nitrogens with one attached hydrogen (secondary N) is 1. The molecular weight excluding hydrogens is 402 g/mol. The second-order valence-electron chi connectivity index (χ2n) is 4.43. The molecule has 0 fully saturated rings. The van der Waals surface area contributed by atoms with E-state index in [1.165, 1.54) is 10.8 Å². The fraction of sp³-hybridized carbons (Fsp3) is 0.182. The molecule has 4 nitrogen and oxygen atoms in total. The van der Waals surface area contributed by atoms with Gasteiger partial charge in [0.1, 0.15) is 0 Å². The third-order valence-corrected chi connectivity index (χ3v) is 2.58. The monoisotopic (exact) mass is 431 g/mol. The van der Waals surface area contributed by atoms with Gasteiger partial charge in [0.05, 0.1) is 5.91 Å². The molecule has 1 amide bonds. The summed E-state index contributed by atoms with van der Waals surface area (Å²) in [5.41, 5.74) is 7.12. The smallest absolute Gasteiger partial charge is 0.855 e. The van der Waals surface area contributed by atoms with Crippen molar-refractivity contribution >= 4 is 27.6 Å². The van der Waals surface area contributed by atoms with Gasteiger partial charge in [-0.3, -0.25) is 0 Å². The molecule has 0 aliphatic carbocycles. The van der Waals surface area contributed by atoms with Crippen molar-refractivity contribution in [3.63, 3.8) is 0 Å². The average Bonchev–Trinajstić information content (AvgIpc) is 3.06. The second-order valence-corrected chi connectivity index (χ2v) is 4.43. The van der Waals surface area contributed by atoms with Crippen molar-refractivity contribution in [3.05, 3.63) is 98.9 Å². The van der Waals surface area contributed by atoms with Crippen LogP contribution in [0.2, 0.25) is 0 Å². The van der Waals surface area contributed by atoms with Crippen LogP contribution < -0.4 is 10.2 Å². The fourth-order valence-corrected chi connectivity index (χ4v) is 1.66. The SMILES string of the molecule is CC[O-].CC[O-].[CH3-].[CH3-].[NH-]C(=O)c1ccccc1.[Si].[Ti+2].c1ccc2[cH-]ccc2c1. The average molecular weight is 431 g/mol. The van der Waals surface area contributed by atoms with E-state index < -0.39 is 5.91 Å². The van der Waals surface area contributed by atoms with Crippen molar-refractivity contribution in [1.29, 1.82) is 0 Å². The van der Waals surface area contributed by atoms with E-state index >= 15 is 0 Å². The molecule has 0 saturated carbocycles. The summed E-state index contributed by atoms with van der Waals surface area (Å²) < 4.78 is 0. The first kappa shape index (κ1) is 37.2. The number of fused-ring (bicyclic) bond motifs is 1. The molecule has 0 atom stereocenters. The number of amides is 1. The predicted molar refractivity (Wildman–Crippen MR) is 114 cm³/mol. The van der Waals surface area contributed by atoms with E-state index in [0.717, 1.165) is 0 Å². The van der Waals surface area contributed by atoms with Crippen LogP contribution in [0.1, 0.15) is 24.2 Å². The van der Waals surface area contributed by atoms with E-state index in [2.05, 4.69) is 42.5 Å². The van der Waals surface area contributed by atoms with Crippen molar-refractivity contribution in [2.45, 2.75) is 13.8 Å². The second kappa shape index (κ2) is 25.4. The van der Waals surface area contributed by atoms with Crippen LogP contribution in [0.15, 0.2) is 72.8 Å². The number of rotatable bonds is 1. The quantitative estimate of drug-likeness (QED) is 0.435. The normalized spacial score (nSPS) is 7.43. The minimum absolute atomic E-state index is 0. The van der Waals surface area contributed by atoms with Gasteiger partial charge in [-0.25, -0.2) is 0 Å². The third kappa shape index (κ3) is 17.8. The Morgan fingerprint density at radius 2 is 1.32 bits per heavy atom. The molecule has 0 aromatic heterocycles. The molecule has 3 rings (SSSR count). The van der Waals surface area contributed by atoms with Gasteiger partial charge in [0, 0.05) is 11.0 Å². The summed E-state index contributed by atoms with van der Waals surface area (Å²) in [5.74, 6) is -0.629. The Morgan fingerprint density at radius 1 is 0.893 bits per heavy atom. The maximum Gasteiger partial charge on any atom is 2.00 e. The van der Waals surface area contributed by atoms with Gasteiger partial charge in [0.25, 0.3) is 0 Å². The van der Waals surface area contributed by atoms with Gasteiger partial charge in [0.15, 0.2) is 0 Å². The Bertz CT molecular complexity index is 643. The minimum atomic E-state index is -0.629. The van der Waals surface area contributed by atoms with E-state index in [9.17, 15) is 4.79 Å². The fourth-order valence-electron chi connectivity index (χ4n) is 1.66. The maximum absolute atomic E-state index is 10.3. The molecule has 0 aliphatic rings. The summed E-state index contributed by atoms with van der Waals surface area (Å²) in [6.07, 6.45) is 0. The van der Waals surface area contributed by atoms with Crippen molar-refractivity contribution in [2.24, 2.45) is 0 Å². The zero-order valence-corrected chi connectivity index (χ0v) is 19.6. The van der Waals surface area contributed by atoms with Gasteiger partial charge in [-0.2, -0.15) is 17.5 Å². The summed E-state index contributed by atoms with van der Waals surface area (Å²) in [6.45, 7) is 3.14. The minimum Gasteiger partial charge on any atom is -0.855 e. The van der Waals surface area contributed by atoms with E-state index in [1.54, 1.807) is 38.1 Å². The molecule has 3 aromatic rings. The summed E-state index contributed by atoms with van der Waals surface area (Å²) >= 11 is 0. The maximum atomic E-state index is 10.3. The Balaban J connectivity index is -0.0000000889. The molecule has 0 spiro atoms. The molecule has 0 saturated heterocycles. The molecule has 4 radical (unpaired) electrons. The molecule has 0 bridgehead atoms. The van der Waals surface area contributed by atoms with Gasteiger partial charge in [-0.05, 0) is 5.56 Å². The van der Waals surface area contributed by atoms with Crippen molar-refractivity contribution in [3.8, 4) is 0 Å². The molecule has 0 unspecified atom stereocenters. The van der Waals surface area contributed by atoms with Crippen LogP contribution in [0.5, 0.6) is 0 Å². The molecular formula is C22H29NO3SiTi-4. The predicted octanol–water partition coefficient (Wildman–Crippen LogP) is 3.69. The number of hydrogen-bond acceptors (Lipinski definition) is 3. The van der Waals surface area contributed by atoms with Crippen LogP contribution >= 0.6 is 0 Å². The zero-order chi connectivity index (χ0) is 18.2. The van der Waals surface area contributed by atoms with Crippen molar-refractivity contribution in [1.82, 2.24) is 0 Å². The van der Waals surface area contributed by atoms with Gasteiger partial charge in [0.2, 0.25) is 0 Å². The van der Waals surface area contributed by atoms with E-state index in [4.69, 9.17) is 15.9 Å².